The van der Waals surface area contributed by atoms with Crippen LogP contribution in [0.4, 0.5) is 0 Å². The van der Waals surface area contributed by atoms with Crippen molar-refractivity contribution in [1.29, 1.82) is 0 Å². The van der Waals surface area contributed by atoms with Crippen molar-refractivity contribution < 1.29 is 9.53 Å². The second-order valence-corrected chi connectivity index (χ2v) is 4.66. The summed E-state index contributed by atoms with van der Waals surface area (Å²) in [6.07, 6.45) is 1.73. The van der Waals surface area contributed by atoms with Crippen LogP contribution in [0.2, 0.25) is 0 Å². The maximum absolute atomic E-state index is 10.1. The number of piperazine rings is 1. The molecule has 4 nitrogen and oxygen atoms in total. The lowest BCUT2D eigenvalue weighted by Crippen LogP contribution is -2.43. The van der Waals surface area contributed by atoms with Gasteiger partial charge in [0, 0.05) is 32.7 Å². The van der Waals surface area contributed by atoms with Crippen LogP contribution in [0.5, 0.6) is 5.75 Å². The van der Waals surface area contributed by atoms with Gasteiger partial charge in [-0.1, -0.05) is 12.1 Å². The van der Waals surface area contributed by atoms with E-state index in [0.717, 1.165) is 38.5 Å². The van der Waals surface area contributed by atoms with E-state index in [9.17, 15) is 4.79 Å². The molecule has 2 rings (SSSR count). The van der Waals surface area contributed by atoms with Crippen molar-refractivity contribution in [3.05, 3.63) is 29.8 Å². The molecule has 1 radical (unpaired) electrons. The van der Waals surface area contributed by atoms with Gasteiger partial charge in [0.2, 0.25) is 6.29 Å². The Bertz CT molecular complexity index is 387. The van der Waals surface area contributed by atoms with Gasteiger partial charge in [0.1, 0.15) is 5.75 Å². The highest BCUT2D eigenvalue weighted by Crippen LogP contribution is 2.15. The Hall–Kier alpha value is -1.39. The zero-order valence-corrected chi connectivity index (χ0v) is 10.8. The van der Waals surface area contributed by atoms with Gasteiger partial charge in [0.25, 0.3) is 0 Å². The Morgan fingerprint density at radius 3 is 2.78 bits per heavy atom. The largest absolute Gasteiger partial charge is 0.485 e. The Balaban J connectivity index is 1.90. The average Bonchev–Trinajstić information content (AvgIpc) is 2.40. The summed E-state index contributed by atoms with van der Waals surface area (Å²) in [7, 11) is 2.15. The Labute approximate surface area is 108 Å². The van der Waals surface area contributed by atoms with E-state index in [4.69, 9.17) is 4.74 Å². The van der Waals surface area contributed by atoms with E-state index in [1.54, 1.807) is 6.29 Å². The molecule has 0 atom stereocenters. The Kier molecular flexibility index (Phi) is 4.73. The number of rotatable bonds is 5. The molecule has 1 aromatic carbocycles. The van der Waals surface area contributed by atoms with E-state index >= 15 is 0 Å². The summed E-state index contributed by atoms with van der Waals surface area (Å²) in [5.41, 5.74) is 1.22. The lowest BCUT2D eigenvalue weighted by molar-refractivity contribution is 0.148. The molecule has 0 N–H and O–H groups in total. The highest BCUT2D eigenvalue weighted by molar-refractivity contribution is 5.52. The van der Waals surface area contributed by atoms with Crippen LogP contribution >= 0.6 is 0 Å². The van der Waals surface area contributed by atoms with Crippen LogP contribution in [0.1, 0.15) is 5.56 Å². The first-order chi connectivity index (χ1) is 8.78. The van der Waals surface area contributed by atoms with Crippen LogP contribution in [0.25, 0.3) is 0 Å². The number of ether oxygens (including phenoxy) is 1. The molecule has 0 bridgehead atoms. The van der Waals surface area contributed by atoms with Crippen LogP contribution in [-0.2, 0) is 11.3 Å². The van der Waals surface area contributed by atoms with E-state index in [2.05, 4.69) is 22.9 Å². The van der Waals surface area contributed by atoms with Crippen LogP contribution in [0.15, 0.2) is 24.3 Å². The molecule has 0 saturated carbocycles. The normalized spacial score (nSPS) is 17.6. The third kappa shape index (κ3) is 3.82. The molecule has 1 aliphatic rings. The Morgan fingerprint density at radius 2 is 2.06 bits per heavy atom. The number of carbonyl (C=O) groups excluding carboxylic acids is 1. The number of likely N-dealkylation sites (N-methyl/N-ethyl adjacent to an activating group) is 1. The summed E-state index contributed by atoms with van der Waals surface area (Å²) in [5, 5.41) is 0. The first-order valence-electron chi connectivity index (χ1n) is 6.25. The van der Waals surface area contributed by atoms with E-state index in [1.165, 1.54) is 5.56 Å². The van der Waals surface area contributed by atoms with Crippen molar-refractivity contribution in [3.63, 3.8) is 0 Å². The van der Waals surface area contributed by atoms with E-state index in [1.807, 2.05) is 18.2 Å². The topological polar surface area (TPSA) is 32.8 Å². The highest BCUT2D eigenvalue weighted by Gasteiger charge is 2.13. The summed E-state index contributed by atoms with van der Waals surface area (Å²) >= 11 is 0. The third-order valence-electron chi connectivity index (χ3n) is 3.20. The van der Waals surface area contributed by atoms with Gasteiger partial charge in [0.05, 0.1) is 0 Å². The molecule has 0 aliphatic carbocycles. The number of hydrogen-bond acceptors (Lipinski definition) is 4. The van der Waals surface area contributed by atoms with Crippen molar-refractivity contribution in [2.24, 2.45) is 0 Å². The molecule has 0 amide bonds. The molecule has 1 aliphatic heterocycles. The minimum absolute atomic E-state index is 0.00202. The SMILES string of the molecule is CN1CCN(Cc2cccc(OC[C]=O)c2)CC1. The average molecular weight is 247 g/mol. The fraction of sp³-hybridized carbons (Fsp3) is 0.500. The van der Waals surface area contributed by atoms with Crippen LogP contribution in [-0.4, -0.2) is 55.9 Å². The van der Waals surface area contributed by atoms with Gasteiger partial charge in [0.15, 0.2) is 6.61 Å². The van der Waals surface area contributed by atoms with E-state index < -0.39 is 0 Å². The van der Waals surface area contributed by atoms with Gasteiger partial charge >= 0.3 is 0 Å². The van der Waals surface area contributed by atoms with E-state index in [-0.39, 0.29) is 6.61 Å². The molecule has 18 heavy (non-hydrogen) atoms. The molecular formula is C14H19N2O2. The molecule has 1 saturated heterocycles. The number of benzene rings is 1. The zero-order valence-electron chi connectivity index (χ0n) is 10.8. The fourth-order valence-corrected chi connectivity index (χ4v) is 2.11. The summed E-state index contributed by atoms with van der Waals surface area (Å²) in [4.78, 5) is 14.9. The fourth-order valence-electron chi connectivity index (χ4n) is 2.11. The lowest BCUT2D eigenvalue weighted by Gasteiger charge is -2.32. The molecule has 1 aromatic rings. The van der Waals surface area contributed by atoms with Crippen molar-refractivity contribution >= 4 is 6.29 Å². The Morgan fingerprint density at radius 1 is 1.28 bits per heavy atom. The first kappa shape index (κ1) is 13.1. The molecule has 0 aromatic heterocycles. The first-order valence-corrected chi connectivity index (χ1v) is 6.25. The van der Waals surface area contributed by atoms with Crippen molar-refractivity contribution in [2.75, 3.05) is 39.8 Å². The van der Waals surface area contributed by atoms with Crippen molar-refractivity contribution in [2.45, 2.75) is 6.54 Å². The smallest absolute Gasteiger partial charge is 0.239 e. The molecular weight excluding hydrogens is 228 g/mol. The van der Waals surface area contributed by atoms with Gasteiger partial charge in [-0.25, -0.2) is 0 Å². The van der Waals surface area contributed by atoms with Gasteiger partial charge in [-0.2, -0.15) is 0 Å². The van der Waals surface area contributed by atoms with Crippen molar-refractivity contribution in [1.82, 2.24) is 9.80 Å². The monoisotopic (exact) mass is 247 g/mol. The van der Waals surface area contributed by atoms with Crippen molar-refractivity contribution in [3.8, 4) is 5.75 Å². The van der Waals surface area contributed by atoms with Crippen LogP contribution in [0, 0.1) is 0 Å². The summed E-state index contributed by atoms with van der Waals surface area (Å²) in [5.74, 6) is 0.741. The quantitative estimate of drug-likeness (QED) is 0.774. The van der Waals surface area contributed by atoms with Gasteiger partial charge in [-0.05, 0) is 24.7 Å². The van der Waals surface area contributed by atoms with Crippen LogP contribution in [0.3, 0.4) is 0 Å². The maximum Gasteiger partial charge on any atom is 0.239 e. The predicted molar refractivity (Wildman–Crippen MR) is 70.4 cm³/mol. The lowest BCUT2D eigenvalue weighted by atomic mass is 10.2. The number of nitrogens with zero attached hydrogens (tertiary/aromatic N) is 2. The highest BCUT2D eigenvalue weighted by atomic mass is 16.5. The third-order valence-corrected chi connectivity index (χ3v) is 3.20. The molecule has 97 valence electrons. The van der Waals surface area contributed by atoms with Crippen LogP contribution < -0.4 is 4.74 Å². The van der Waals surface area contributed by atoms with Gasteiger partial charge < -0.3 is 9.64 Å². The maximum atomic E-state index is 10.1. The molecule has 0 unspecified atom stereocenters. The molecule has 1 heterocycles. The standard InChI is InChI=1S/C14H19N2O2/c1-15-5-7-16(8-6-15)12-13-3-2-4-14(11-13)18-10-9-17/h2-4,11H,5-8,10,12H2,1H3. The summed E-state index contributed by atoms with van der Waals surface area (Å²) < 4.78 is 5.25. The minimum atomic E-state index is -0.00202. The number of hydrogen-bond donors (Lipinski definition) is 0. The second-order valence-electron chi connectivity index (χ2n) is 4.66. The predicted octanol–water partition coefficient (Wildman–Crippen LogP) is 0.922. The molecule has 0 spiro atoms. The second kappa shape index (κ2) is 6.52. The van der Waals surface area contributed by atoms with Gasteiger partial charge in [-0.3, -0.25) is 9.69 Å². The van der Waals surface area contributed by atoms with E-state index in [0.29, 0.717) is 0 Å². The minimum Gasteiger partial charge on any atom is -0.485 e. The molecule has 4 heteroatoms. The van der Waals surface area contributed by atoms with Gasteiger partial charge in [-0.15, -0.1) is 0 Å². The summed E-state index contributed by atoms with van der Waals surface area (Å²) in [6, 6.07) is 7.92. The zero-order chi connectivity index (χ0) is 12.8. The molecule has 1 fully saturated rings. The summed E-state index contributed by atoms with van der Waals surface area (Å²) in [6.45, 7) is 5.38.